The fourth-order valence-corrected chi connectivity index (χ4v) is 2.93. The van der Waals surface area contributed by atoms with Gasteiger partial charge in [-0.1, -0.05) is 0 Å². The van der Waals surface area contributed by atoms with Crippen molar-refractivity contribution in [2.45, 2.75) is 11.3 Å². The molecule has 0 aromatic heterocycles. The van der Waals surface area contributed by atoms with Gasteiger partial charge in [0, 0.05) is 16.2 Å². The topological polar surface area (TPSA) is 61.8 Å². The number of ketones is 1. The van der Waals surface area contributed by atoms with Gasteiger partial charge in [-0.05, 0) is 42.5 Å². The molecule has 2 aromatic rings. The average molecular weight is 378 g/mol. The summed E-state index contributed by atoms with van der Waals surface area (Å²) in [5, 5.41) is 0. The van der Waals surface area contributed by atoms with Crippen LogP contribution in [0.2, 0.25) is 0 Å². The first-order valence-corrected chi connectivity index (χ1v) is 8.81. The summed E-state index contributed by atoms with van der Waals surface area (Å²) >= 11 is 1.41. The van der Waals surface area contributed by atoms with Gasteiger partial charge in [0.1, 0.15) is 5.82 Å². The van der Waals surface area contributed by atoms with Crippen LogP contribution in [0.1, 0.15) is 16.8 Å². The zero-order valence-electron chi connectivity index (χ0n) is 14.5. The van der Waals surface area contributed by atoms with Crippen molar-refractivity contribution in [1.82, 2.24) is 0 Å². The highest BCUT2D eigenvalue weighted by Crippen LogP contribution is 2.27. The minimum absolute atomic E-state index is 0.154. The van der Waals surface area contributed by atoms with Crippen molar-refractivity contribution < 1.29 is 28.2 Å². The summed E-state index contributed by atoms with van der Waals surface area (Å²) < 4.78 is 28.1. The van der Waals surface area contributed by atoms with Crippen molar-refractivity contribution >= 4 is 23.5 Å². The summed E-state index contributed by atoms with van der Waals surface area (Å²) in [5.74, 6) is 0.329. The van der Waals surface area contributed by atoms with E-state index in [4.69, 9.17) is 14.2 Å². The van der Waals surface area contributed by atoms with Crippen molar-refractivity contribution in [3.63, 3.8) is 0 Å². The van der Waals surface area contributed by atoms with E-state index in [0.29, 0.717) is 22.8 Å². The maximum absolute atomic E-state index is 12.8. The quantitative estimate of drug-likeness (QED) is 0.376. The van der Waals surface area contributed by atoms with Crippen LogP contribution in [-0.4, -0.2) is 38.3 Å². The molecule has 0 radical (unpaired) electrons. The molecule has 138 valence electrons. The molecule has 0 saturated carbocycles. The molecule has 26 heavy (non-hydrogen) atoms. The Hall–Kier alpha value is -2.54. The van der Waals surface area contributed by atoms with Gasteiger partial charge in [0.25, 0.3) is 0 Å². The molecule has 0 amide bonds. The number of halogens is 1. The molecule has 2 aromatic carbocycles. The molecule has 7 heteroatoms. The van der Waals surface area contributed by atoms with Crippen LogP contribution in [0.3, 0.4) is 0 Å². The van der Waals surface area contributed by atoms with Crippen LogP contribution < -0.4 is 9.47 Å². The van der Waals surface area contributed by atoms with Crippen molar-refractivity contribution in [2.75, 3.05) is 26.6 Å². The molecule has 0 spiro atoms. The van der Waals surface area contributed by atoms with E-state index in [0.717, 1.165) is 4.90 Å². The second kappa shape index (κ2) is 9.82. The fraction of sp³-hybridized carbons (Fsp3) is 0.263. The third kappa shape index (κ3) is 5.77. The minimum atomic E-state index is -0.464. The van der Waals surface area contributed by atoms with Crippen molar-refractivity contribution in [3.8, 4) is 11.5 Å². The number of hydrogen-bond acceptors (Lipinski definition) is 6. The van der Waals surface area contributed by atoms with Crippen LogP contribution in [0, 0.1) is 5.82 Å². The number of carbonyl (C=O) groups is 2. The van der Waals surface area contributed by atoms with Crippen LogP contribution in [0.4, 0.5) is 4.39 Å². The van der Waals surface area contributed by atoms with Gasteiger partial charge in [0.05, 0.1) is 20.6 Å². The number of hydrogen-bond donors (Lipinski definition) is 0. The first-order chi connectivity index (χ1) is 12.5. The number of benzene rings is 2. The Labute approximate surface area is 155 Å². The number of esters is 1. The van der Waals surface area contributed by atoms with E-state index in [1.54, 1.807) is 30.3 Å². The molecular weight excluding hydrogens is 359 g/mol. The Morgan fingerprint density at radius 2 is 1.69 bits per heavy atom. The first-order valence-electron chi connectivity index (χ1n) is 7.82. The lowest BCUT2D eigenvalue weighted by molar-refractivity contribution is -0.141. The normalized spacial score (nSPS) is 10.3. The molecule has 0 aliphatic heterocycles. The van der Waals surface area contributed by atoms with Gasteiger partial charge >= 0.3 is 5.97 Å². The van der Waals surface area contributed by atoms with Gasteiger partial charge in [-0.25, -0.2) is 4.39 Å². The van der Waals surface area contributed by atoms with Crippen LogP contribution in [0.5, 0.6) is 11.5 Å². The van der Waals surface area contributed by atoms with E-state index in [-0.39, 0.29) is 24.6 Å². The second-order valence-electron chi connectivity index (χ2n) is 5.21. The molecule has 0 aliphatic rings. The molecule has 0 unspecified atom stereocenters. The Kier molecular flexibility index (Phi) is 7.47. The minimum Gasteiger partial charge on any atom is -0.493 e. The van der Waals surface area contributed by atoms with E-state index in [2.05, 4.69) is 0 Å². The summed E-state index contributed by atoms with van der Waals surface area (Å²) in [6, 6.07) is 10.8. The summed E-state index contributed by atoms with van der Waals surface area (Å²) in [6.45, 7) is -0.338. The highest BCUT2D eigenvalue weighted by atomic mass is 32.2. The zero-order valence-corrected chi connectivity index (χ0v) is 15.3. The van der Waals surface area contributed by atoms with E-state index in [9.17, 15) is 14.0 Å². The third-order valence-electron chi connectivity index (χ3n) is 3.46. The molecule has 0 saturated heterocycles. The van der Waals surface area contributed by atoms with Gasteiger partial charge in [0.2, 0.25) is 0 Å². The van der Waals surface area contributed by atoms with Crippen LogP contribution in [-0.2, 0) is 9.53 Å². The number of methoxy groups -OCH3 is 2. The van der Waals surface area contributed by atoms with Crippen molar-refractivity contribution in [2.24, 2.45) is 0 Å². The number of thioether (sulfide) groups is 1. The van der Waals surface area contributed by atoms with E-state index >= 15 is 0 Å². The number of carbonyl (C=O) groups excluding carboxylic acids is 2. The molecule has 0 aliphatic carbocycles. The zero-order chi connectivity index (χ0) is 18.9. The Balaban J connectivity index is 1.77. The lowest BCUT2D eigenvalue weighted by Crippen LogP contribution is -2.14. The maximum atomic E-state index is 12.8. The molecule has 5 nitrogen and oxygen atoms in total. The van der Waals surface area contributed by atoms with Crippen molar-refractivity contribution in [1.29, 1.82) is 0 Å². The predicted molar refractivity (Wildman–Crippen MR) is 96.6 cm³/mol. The van der Waals surface area contributed by atoms with Crippen molar-refractivity contribution in [3.05, 3.63) is 53.8 Å². The van der Waals surface area contributed by atoms with E-state index in [1.165, 1.54) is 38.1 Å². The predicted octanol–water partition coefficient (Wildman–Crippen LogP) is 3.75. The lowest BCUT2D eigenvalue weighted by atomic mass is 10.1. The third-order valence-corrected chi connectivity index (χ3v) is 4.47. The standard InChI is InChI=1S/C19H19FO5S/c1-23-17-8-3-13(11-18(17)24-2)16(21)12-25-19(22)9-10-26-15-6-4-14(20)5-7-15/h3-8,11H,9-10,12H2,1-2H3. The monoisotopic (exact) mass is 378 g/mol. The summed E-state index contributed by atoms with van der Waals surface area (Å²) in [6.07, 6.45) is 0.154. The van der Waals surface area contributed by atoms with Gasteiger partial charge in [0.15, 0.2) is 23.9 Å². The SMILES string of the molecule is COc1ccc(C(=O)COC(=O)CCSc2ccc(F)cc2)cc1OC. The average Bonchev–Trinajstić information content (AvgIpc) is 2.67. The molecule has 0 heterocycles. The molecule has 0 fully saturated rings. The van der Waals surface area contributed by atoms with Gasteiger partial charge in [-0.15, -0.1) is 11.8 Å². The van der Waals surface area contributed by atoms with E-state index < -0.39 is 5.97 Å². The highest BCUT2D eigenvalue weighted by molar-refractivity contribution is 7.99. The Morgan fingerprint density at radius 1 is 1.00 bits per heavy atom. The molecule has 0 bridgehead atoms. The van der Waals surface area contributed by atoms with Gasteiger partial charge in [-0.3, -0.25) is 9.59 Å². The number of ether oxygens (including phenoxy) is 3. The lowest BCUT2D eigenvalue weighted by Gasteiger charge is -2.09. The number of Topliss-reactive ketones (excluding diaryl/α,β-unsaturated/α-hetero) is 1. The van der Waals surface area contributed by atoms with Crippen LogP contribution in [0.25, 0.3) is 0 Å². The summed E-state index contributed by atoms with van der Waals surface area (Å²) in [4.78, 5) is 24.7. The Bertz CT molecular complexity index is 761. The molecule has 0 N–H and O–H groups in total. The largest absolute Gasteiger partial charge is 0.493 e. The van der Waals surface area contributed by atoms with E-state index in [1.807, 2.05) is 0 Å². The first kappa shape index (κ1) is 19.8. The smallest absolute Gasteiger partial charge is 0.307 e. The molecular formula is C19H19FO5S. The van der Waals surface area contributed by atoms with Gasteiger partial charge in [-0.2, -0.15) is 0 Å². The Morgan fingerprint density at radius 3 is 2.35 bits per heavy atom. The fourth-order valence-electron chi connectivity index (χ4n) is 2.09. The molecule has 0 atom stereocenters. The maximum Gasteiger partial charge on any atom is 0.307 e. The highest BCUT2D eigenvalue weighted by Gasteiger charge is 2.13. The van der Waals surface area contributed by atoms with Crippen LogP contribution >= 0.6 is 11.8 Å². The van der Waals surface area contributed by atoms with Gasteiger partial charge < -0.3 is 14.2 Å². The summed E-state index contributed by atoms with van der Waals surface area (Å²) in [5.41, 5.74) is 0.371. The number of rotatable bonds is 9. The molecule has 2 rings (SSSR count). The summed E-state index contributed by atoms with van der Waals surface area (Å²) in [7, 11) is 2.98. The van der Waals surface area contributed by atoms with Crippen LogP contribution in [0.15, 0.2) is 47.4 Å². The second-order valence-corrected chi connectivity index (χ2v) is 6.37.